The maximum atomic E-state index is 11.9. The van der Waals surface area contributed by atoms with Gasteiger partial charge >= 0.3 is 5.97 Å². The van der Waals surface area contributed by atoms with Crippen LogP contribution >= 0.6 is 0 Å². The molecule has 0 saturated carbocycles. The Morgan fingerprint density at radius 1 is 0.421 bits per heavy atom. The topological polar surface area (TPSA) is 138 Å². The van der Waals surface area contributed by atoms with E-state index in [1.165, 1.54) is 90.4 Å². The average Bonchev–Trinajstić information content (AvgIpc) is 3.20. The van der Waals surface area contributed by atoms with E-state index in [4.69, 9.17) is 47.4 Å². The first-order chi connectivity index (χ1) is 28.1. The van der Waals surface area contributed by atoms with E-state index in [0.29, 0.717) is 124 Å². The molecule has 13 nitrogen and oxygen atoms in total. The Bertz CT molecular complexity index is 1000. The van der Waals surface area contributed by atoms with E-state index < -0.39 is 0 Å². The number of rotatable bonds is 45. The minimum absolute atomic E-state index is 0.108. The monoisotopic (exact) mass is 814 g/mol. The molecule has 0 bridgehead atoms. The van der Waals surface area contributed by atoms with E-state index in [0.717, 1.165) is 18.5 Å². The molecule has 0 aliphatic heterocycles. The molecule has 0 atom stereocenters. The van der Waals surface area contributed by atoms with Gasteiger partial charge in [0.1, 0.15) is 19.0 Å². The van der Waals surface area contributed by atoms with Crippen LogP contribution in [-0.4, -0.2) is 131 Å². The summed E-state index contributed by atoms with van der Waals surface area (Å²) in [5.41, 5.74) is 0.731. The highest BCUT2D eigenvalue weighted by Crippen LogP contribution is 2.16. The third kappa shape index (κ3) is 40.2. The zero-order valence-corrected chi connectivity index (χ0v) is 35.8. The third-order valence-corrected chi connectivity index (χ3v) is 8.75. The number of nitrogens with one attached hydrogen (secondary N) is 1. The van der Waals surface area contributed by atoms with Crippen LogP contribution in [0.2, 0.25) is 0 Å². The van der Waals surface area contributed by atoms with E-state index in [-0.39, 0.29) is 18.5 Å². The lowest BCUT2D eigenvalue weighted by Gasteiger charge is -2.09. The van der Waals surface area contributed by atoms with Crippen molar-refractivity contribution in [2.24, 2.45) is 0 Å². The van der Waals surface area contributed by atoms with Crippen molar-refractivity contribution in [3.05, 3.63) is 24.3 Å². The number of benzene rings is 1. The van der Waals surface area contributed by atoms with E-state index in [1.807, 2.05) is 0 Å². The Balaban J connectivity index is 1.67. The van der Waals surface area contributed by atoms with Crippen LogP contribution in [0.4, 0.5) is 5.69 Å². The Morgan fingerprint density at radius 3 is 1.09 bits per heavy atom. The van der Waals surface area contributed by atoms with Crippen molar-refractivity contribution in [3.8, 4) is 5.75 Å². The fourth-order valence-electron chi connectivity index (χ4n) is 5.62. The molecule has 0 unspecified atom stereocenters. The van der Waals surface area contributed by atoms with Gasteiger partial charge in [0.25, 0.3) is 0 Å². The van der Waals surface area contributed by atoms with E-state index in [1.54, 1.807) is 24.3 Å². The van der Waals surface area contributed by atoms with Crippen LogP contribution in [0.1, 0.15) is 117 Å². The second-order valence-electron chi connectivity index (χ2n) is 13.9. The number of esters is 1. The molecule has 1 amide bonds. The maximum absolute atomic E-state index is 11.9. The van der Waals surface area contributed by atoms with Gasteiger partial charge < -0.3 is 52.7 Å². The molecule has 0 radical (unpaired) electrons. The lowest BCUT2D eigenvalue weighted by molar-refractivity contribution is -0.145. The summed E-state index contributed by atoms with van der Waals surface area (Å²) in [5.74, 6) is 0.474. The number of hydrogen-bond donors (Lipinski definition) is 1. The number of anilines is 1. The summed E-state index contributed by atoms with van der Waals surface area (Å²) in [5, 5.41) is 2.71. The molecule has 0 heterocycles. The largest absolute Gasteiger partial charge is 0.491 e. The summed E-state index contributed by atoms with van der Waals surface area (Å²) in [6, 6.07) is 7.18. The first-order valence-corrected chi connectivity index (χ1v) is 21.9. The number of unbranched alkanes of at least 4 members (excludes halogenated alkanes) is 14. The summed E-state index contributed by atoms with van der Waals surface area (Å²) in [6.07, 6.45) is 20.2. The number of carbonyl (C=O) groups is 2. The molecule has 0 saturated heterocycles. The molecular weight excluding hydrogens is 734 g/mol. The van der Waals surface area contributed by atoms with Gasteiger partial charge in [-0.05, 0) is 30.7 Å². The zero-order chi connectivity index (χ0) is 41.0. The highest BCUT2D eigenvalue weighted by atomic mass is 16.6. The van der Waals surface area contributed by atoms with E-state index >= 15 is 0 Å². The zero-order valence-electron chi connectivity index (χ0n) is 35.8. The summed E-state index contributed by atoms with van der Waals surface area (Å²) in [4.78, 5) is 23.0. The molecule has 57 heavy (non-hydrogen) atoms. The maximum Gasteiger partial charge on any atom is 0.305 e. The third-order valence-electron chi connectivity index (χ3n) is 8.75. The fourth-order valence-corrected chi connectivity index (χ4v) is 5.62. The Hall–Kier alpha value is -2.36. The van der Waals surface area contributed by atoms with Crippen molar-refractivity contribution >= 4 is 17.6 Å². The smallest absolute Gasteiger partial charge is 0.305 e. The van der Waals surface area contributed by atoms with Crippen molar-refractivity contribution < 1.29 is 57.0 Å². The molecule has 0 aliphatic rings. The molecule has 0 aliphatic carbocycles. The molecular formula is C44H79NO12. The summed E-state index contributed by atoms with van der Waals surface area (Å²) in [7, 11) is 0. The number of ether oxygens (including phenoxy) is 10. The van der Waals surface area contributed by atoms with Crippen LogP contribution in [0, 0.1) is 0 Å². The van der Waals surface area contributed by atoms with Crippen LogP contribution in [0.3, 0.4) is 0 Å². The number of hydrogen-bond acceptors (Lipinski definition) is 12. The highest BCUT2D eigenvalue weighted by molar-refractivity contribution is 5.88. The number of amides is 1. The Labute approximate surface area is 344 Å². The van der Waals surface area contributed by atoms with Crippen LogP contribution in [0.15, 0.2) is 24.3 Å². The summed E-state index contributed by atoms with van der Waals surface area (Å²) < 4.78 is 54.9. The number of carbonyl (C=O) groups excluding carboxylic acids is 2. The molecule has 332 valence electrons. The van der Waals surface area contributed by atoms with Crippen molar-refractivity contribution in [1.29, 1.82) is 0 Å². The first-order valence-electron chi connectivity index (χ1n) is 21.9. The highest BCUT2D eigenvalue weighted by Gasteiger charge is 2.03. The van der Waals surface area contributed by atoms with Crippen molar-refractivity contribution in [3.63, 3.8) is 0 Å². The normalized spacial score (nSPS) is 11.3. The molecule has 0 aromatic heterocycles. The van der Waals surface area contributed by atoms with Crippen LogP contribution in [-0.2, 0) is 52.2 Å². The minimum atomic E-state index is -0.133. The molecule has 1 aromatic carbocycles. The molecule has 1 N–H and O–H groups in total. The van der Waals surface area contributed by atoms with Gasteiger partial charge in [-0.15, -0.1) is 0 Å². The van der Waals surface area contributed by atoms with Crippen molar-refractivity contribution in [1.82, 2.24) is 0 Å². The van der Waals surface area contributed by atoms with E-state index in [2.05, 4.69) is 12.2 Å². The SMILES string of the molecule is CCCCCCCCCCCCCCCCCC(=O)OCCOCCOCCOCCOCCOCCOCCOCCOCCOc1ccc(NC(C)=O)cc1. The predicted molar refractivity (Wildman–Crippen MR) is 223 cm³/mol. The second kappa shape index (κ2) is 43.2. The van der Waals surface area contributed by atoms with Gasteiger partial charge in [0, 0.05) is 19.0 Å². The van der Waals surface area contributed by atoms with E-state index in [9.17, 15) is 9.59 Å². The summed E-state index contributed by atoms with van der Waals surface area (Å²) >= 11 is 0. The van der Waals surface area contributed by atoms with Gasteiger partial charge in [-0.1, -0.05) is 96.8 Å². The fraction of sp³-hybridized carbons (Fsp3) is 0.818. The average molecular weight is 814 g/mol. The molecule has 1 aromatic rings. The van der Waals surface area contributed by atoms with Crippen molar-refractivity contribution in [2.45, 2.75) is 117 Å². The molecule has 13 heteroatoms. The van der Waals surface area contributed by atoms with Gasteiger partial charge in [0.15, 0.2) is 0 Å². The quantitative estimate of drug-likeness (QED) is 0.0505. The Morgan fingerprint density at radius 2 is 0.737 bits per heavy atom. The Kier molecular flexibility index (Phi) is 39.9. The van der Waals surface area contributed by atoms with Crippen LogP contribution in [0.5, 0.6) is 5.75 Å². The van der Waals surface area contributed by atoms with Crippen molar-refractivity contribution in [2.75, 3.05) is 124 Å². The van der Waals surface area contributed by atoms with Gasteiger partial charge in [-0.25, -0.2) is 0 Å². The molecule has 1 rings (SSSR count). The van der Waals surface area contributed by atoms with Crippen LogP contribution in [0.25, 0.3) is 0 Å². The van der Waals surface area contributed by atoms with Crippen LogP contribution < -0.4 is 10.1 Å². The molecule has 0 spiro atoms. The van der Waals surface area contributed by atoms with Gasteiger partial charge in [-0.3, -0.25) is 9.59 Å². The lowest BCUT2D eigenvalue weighted by atomic mass is 10.0. The predicted octanol–water partition coefficient (Wildman–Crippen LogP) is 7.96. The molecule has 0 fully saturated rings. The summed E-state index contributed by atoms with van der Waals surface area (Å²) in [6.45, 7) is 12.1. The standard InChI is InChI=1S/C44H79NO12/c1-3-4-5-6-7-8-9-10-11-12-13-14-15-16-17-18-44(47)57-40-38-55-36-34-53-32-30-51-28-26-49-24-23-48-25-27-50-29-31-52-33-35-54-37-39-56-43-21-19-42(20-22-43)45-41(2)46/h19-22H,3-18,23-40H2,1-2H3,(H,45,46). The minimum Gasteiger partial charge on any atom is -0.491 e. The second-order valence-corrected chi connectivity index (χ2v) is 13.9. The lowest BCUT2D eigenvalue weighted by Crippen LogP contribution is -2.15. The first kappa shape index (κ1) is 52.7. The van der Waals surface area contributed by atoms with Gasteiger partial charge in [-0.2, -0.15) is 0 Å². The van der Waals surface area contributed by atoms with Gasteiger partial charge in [0.2, 0.25) is 5.91 Å². The van der Waals surface area contributed by atoms with Gasteiger partial charge in [0.05, 0.1) is 106 Å².